The first-order valence-corrected chi connectivity index (χ1v) is 7.61. The molecule has 4 heterocycles. The van der Waals surface area contributed by atoms with Crippen LogP contribution in [0.25, 0.3) is 0 Å². The van der Waals surface area contributed by atoms with E-state index in [4.69, 9.17) is 5.73 Å². The molecule has 1 saturated carbocycles. The summed E-state index contributed by atoms with van der Waals surface area (Å²) < 4.78 is 0. The van der Waals surface area contributed by atoms with Gasteiger partial charge >= 0.3 is 0 Å². The second-order valence-electron chi connectivity index (χ2n) is 6.64. The van der Waals surface area contributed by atoms with Gasteiger partial charge in [0.2, 0.25) is 0 Å². The van der Waals surface area contributed by atoms with Crippen molar-refractivity contribution < 1.29 is 0 Å². The highest BCUT2D eigenvalue weighted by Gasteiger charge is 2.55. The Morgan fingerprint density at radius 2 is 1.83 bits per heavy atom. The molecule has 100 valence electrons. The van der Waals surface area contributed by atoms with Crippen molar-refractivity contribution in [3.8, 4) is 0 Å². The molecule has 5 rings (SSSR count). The van der Waals surface area contributed by atoms with Gasteiger partial charge in [-0.3, -0.25) is 4.99 Å². The zero-order chi connectivity index (χ0) is 12.2. The van der Waals surface area contributed by atoms with Gasteiger partial charge in [-0.15, -0.1) is 0 Å². The fourth-order valence-electron chi connectivity index (χ4n) is 4.91. The number of nitrogens with zero attached hydrogens (tertiary/aromatic N) is 3. The summed E-state index contributed by atoms with van der Waals surface area (Å²) in [5.41, 5.74) is 6.53. The van der Waals surface area contributed by atoms with Crippen molar-refractivity contribution in [2.75, 3.05) is 26.2 Å². The molecule has 4 fully saturated rings. The Bertz CT molecular complexity index is 366. The van der Waals surface area contributed by atoms with Crippen LogP contribution >= 0.6 is 0 Å². The number of piperidine rings is 3. The third-order valence-corrected chi connectivity index (χ3v) is 5.78. The molecule has 0 aromatic rings. The van der Waals surface area contributed by atoms with E-state index in [0.717, 1.165) is 18.4 Å². The first-order chi connectivity index (χ1) is 8.79. The maximum Gasteiger partial charge on any atom is 0.192 e. The van der Waals surface area contributed by atoms with Gasteiger partial charge in [-0.1, -0.05) is 12.8 Å². The average Bonchev–Trinajstić information content (AvgIpc) is 3.00. The van der Waals surface area contributed by atoms with Crippen molar-refractivity contribution in [3.63, 3.8) is 0 Å². The second-order valence-corrected chi connectivity index (χ2v) is 6.64. The standard InChI is InChI=1S/C14H24N4/c15-13-16-9-14(18(13)12-3-1-2-4-12)10-17-7-5-11(14)6-8-17/h11-12H,1-10H2,(H2,15,16). The lowest BCUT2D eigenvalue weighted by Gasteiger charge is -2.56. The van der Waals surface area contributed by atoms with Crippen molar-refractivity contribution in [2.45, 2.75) is 50.1 Å². The van der Waals surface area contributed by atoms with E-state index in [1.807, 2.05) is 0 Å². The molecular weight excluding hydrogens is 224 g/mol. The molecule has 2 bridgehead atoms. The summed E-state index contributed by atoms with van der Waals surface area (Å²) in [4.78, 5) is 9.85. The van der Waals surface area contributed by atoms with Gasteiger partial charge in [-0.25, -0.2) is 0 Å². The Hall–Kier alpha value is -0.770. The summed E-state index contributed by atoms with van der Waals surface area (Å²) in [5.74, 6) is 1.67. The minimum Gasteiger partial charge on any atom is -0.370 e. The van der Waals surface area contributed by atoms with Crippen LogP contribution in [0.5, 0.6) is 0 Å². The molecule has 0 aromatic carbocycles. The number of rotatable bonds is 1. The number of fused-ring (bicyclic) bond motifs is 2. The molecular formula is C14H24N4. The van der Waals surface area contributed by atoms with Crippen molar-refractivity contribution in [1.29, 1.82) is 0 Å². The van der Waals surface area contributed by atoms with E-state index >= 15 is 0 Å². The SMILES string of the molecule is NC1=NCC2(CN3CCC2CC3)N1C1CCCC1. The Kier molecular flexibility index (Phi) is 2.38. The third kappa shape index (κ3) is 1.38. The van der Waals surface area contributed by atoms with Crippen LogP contribution in [-0.4, -0.2) is 53.5 Å². The molecule has 4 heteroatoms. The zero-order valence-electron chi connectivity index (χ0n) is 11.1. The number of aliphatic imine (C=N–C) groups is 1. The van der Waals surface area contributed by atoms with E-state index < -0.39 is 0 Å². The molecule has 0 amide bonds. The topological polar surface area (TPSA) is 44.9 Å². The highest BCUT2D eigenvalue weighted by molar-refractivity contribution is 5.81. The van der Waals surface area contributed by atoms with E-state index in [2.05, 4.69) is 14.8 Å². The van der Waals surface area contributed by atoms with Crippen molar-refractivity contribution in [1.82, 2.24) is 9.80 Å². The van der Waals surface area contributed by atoms with Crippen LogP contribution in [0.3, 0.4) is 0 Å². The number of hydrogen-bond acceptors (Lipinski definition) is 4. The monoisotopic (exact) mass is 248 g/mol. The molecule has 1 spiro atoms. The molecule has 4 nitrogen and oxygen atoms in total. The normalized spacial score (nSPS) is 44.0. The van der Waals surface area contributed by atoms with Crippen LogP contribution in [-0.2, 0) is 0 Å². The summed E-state index contributed by atoms with van der Waals surface area (Å²) in [6.07, 6.45) is 8.10. The van der Waals surface area contributed by atoms with Gasteiger partial charge in [-0.2, -0.15) is 0 Å². The summed E-state index contributed by atoms with van der Waals surface area (Å²) >= 11 is 0. The number of nitrogens with two attached hydrogens (primary N) is 1. The fourth-order valence-corrected chi connectivity index (χ4v) is 4.91. The van der Waals surface area contributed by atoms with Gasteiger partial charge < -0.3 is 15.5 Å². The summed E-state index contributed by atoms with van der Waals surface area (Å²) in [5, 5.41) is 0. The second kappa shape index (κ2) is 3.86. The van der Waals surface area contributed by atoms with Gasteiger partial charge in [0.25, 0.3) is 0 Å². The largest absolute Gasteiger partial charge is 0.370 e. The Morgan fingerprint density at radius 1 is 1.11 bits per heavy atom. The molecule has 2 N–H and O–H groups in total. The van der Waals surface area contributed by atoms with Crippen LogP contribution in [0.4, 0.5) is 0 Å². The Balaban J connectivity index is 1.67. The minimum absolute atomic E-state index is 0.273. The Labute approximate surface area is 109 Å². The van der Waals surface area contributed by atoms with Gasteiger partial charge in [0.15, 0.2) is 5.96 Å². The van der Waals surface area contributed by atoms with Crippen molar-refractivity contribution in [2.24, 2.45) is 16.6 Å². The van der Waals surface area contributed by atoms with Crippen molar-refractivity contribution >= 4 is 5.96 Å². The maximum absolute atomic E-state index is 6.25. The first kappa shape index (κ1) is 11.1. The quantitative estimate of drug-likeness (QED) is 0.753. The van der Waals surface area contributed by atoms with Crippen LogP contribution in [0.2, 0.25) is 0 Å². The smallest absolute Gasteiger partial charge is 0.192 e. The number of hydrogen-bond donors (Lipinski definition) is 1. The van der Waals surface area contributed by atoms with Crippen molar-refractivity contribution in [3.05, 3.63) is 0 Å². The summed E-state index contributed by atoms with van der Waals surface area (Å²) in [6, 6.07) is 0.678. The van der Waals surface area contributed by atoms with E-state index in [-0.39, 0.29) is 5.54 Å². The molecule has 5 aliphatic rings. The number of guanidine groups is 1. The summed E-state index contributed by atoms with van der Waals surface area (Å²) in [7, 11) is 0. The molecule has 1 atom stereocenters. The highest BCUT2D eigenvalue weighted by Crippen LogP contribution is 2.45. The van der Waals surface area contributed by atoms with Gasteiger partial charge in [-0.05, 0) is 44.7 Å². The predicted molar refractivity (Wildman–Crippen MR) is 72.5 cm³/mol. The lowest BCUT2D eigenvalue weighted by Crippen LogP contribution is -2.69. The van der Waals surface area contributed by atoms with Crippen LogP contribution in [0, 0.1) is 5.92 Å². The van der Waals surface area contributed by atoms with Gasteiger partial charge in [0, 0.05) is 12.6 Å². The third-order valence-electron chi connectivity index (χ3n) is 5.78. The van der Waals surface area contributed by atoms with Gasteiger partial charge in [0.05, 0.1) is 12.1 Å². The molecule has 3 saturated heterocycles. The molecule has 0 aromatic heterocycles. The summed E-state index contributed by atoms with van der Waals surface area (Å²) in [6.45, 7) is 4.75. The Morgan fingerprint density at radius 3 is 2.44 bits per heavy atom. The lowest BCUT2D eigenvalue weighted by molar-refractivity contribution is -0.0418. The molecule has 18 heavy (non-hydrogen) atoms. The van der Waals surface area contributed by atoms with E-state index in [1.54, 1.807) is 0 Å². The minimum atomic E-state index is 0.273. The zero-order valence-corrected chi connectivity index (χ0v) is 11.1. The van der Waals surface area contributed by atoms with E-state index in [1.165, 1.54) is 58.2 Å². The highest BCUT2D eigenvalue weighted by atomic mass is 15.4. The molecule has 1 aliphatic carbocycles. The fraction of sp³-hybridized carbons (Fsp3) is 0.929. The average molecular weight is 248 g/mol. The lowest BCUT2D eigenvalue weighted by atomic mass is 9.71. The maximum atomic E-state index is 6.25. The van der Waals surface area contributed by atoms with Crippen LogP contribution in [0.15, 0.2) is 4.99 Å². The van der Waals surface area contributed by atoms with E-state index in [9.17, 15) is 0 Å². The molecule has 0 radical (unpaired) electrons. The molecule has 1 unspecified atom stereocenters. The van der Waals surface area contributed by atoms with Gasteiger partial charge in [0.1, 0.15) is 0 Å². The molecule has 4 aliphatic heterocycles. The van der Waals surface area contributed by atoms with Crippen LogP contribution in [0.1, 0.15) is 38.5 Å². The van der Waals surface area contributed by atoms with E-state index in [0.29, 0.717) is 6.04 Å². The van der Waals surface area contributed by atoms with Crippen LogP contribution < -0.4 is 5.73 Å². The predicted octanol–water partition coefficient (Wildman–Crippen LogP) is 1.02. The first-order valence-electron chi connectivity index (χ1n) is 7.61.